The van der Waals surface area contributed by atoms with Gasteiger partial charge < -0.3 is 10.1 Å². The molecule has 1 unspecified atom stereocenters. The lowest BCUT2D eigenvalue weighted by Crippen LogP contribution is -2.26. The van der Waals surface area contributed by atoms with Crippen LogP contribution in [0.1, 0.15) is 16.5 Å². The molecule has 0 spiro atoms. The molecule has 2 rings (SSSR count). The number of nitrogens with one attached hydrogen (secondary N) is 1. The number of thiazole rings is 1. The standard InChI is InChI=1S/C15H19FN2OS/c1-19-8-6-17-11-13(10-15-18-7-9-20-15)12-2-4-14(16)5-3-12/h2-5,7,9,13,17H,6,8,10-11H2,1H3. The first kappa shape index (κ1) is 15.1. The molecule has 1 heterocycles. The fourth-order valence-electron chi connectivity index (χ4n) is 2.06. The molecule has 1 aromatic heterocycles. The van der Waals surface area contributed by atoms with Crippen LogP contribution in [0.3, 0.4) is 0 Å². The van der Waals surface area contributed by atoms with E-state index in [1.165, 1.54) is 12.1 Å². The Morgan fingerprint density at radius 1 is 1.35 bits per heavy atom. The summed E-state index contributed by atoms with van der Waals surface area (Å²) < 4.78 is 18.1. The predicted molar refractivity (Wildman–Crippen MR) is 79.7 cm³/mol. The van der Waals surface area contributed by atoms with Crippen molar-refractivity contribution < 1.29 is 9.13 Å². The van der Waals surface area contributed by atoms with Crippen molar-refractivity contribution >= 4 is 11.3 Å². The summed E-state index contributed by atoms with van der Waals surface area (Å²) in [5.74, 6) is 0.0905. The molecule has 2 aromatic rings. The minimum atomic E-state index is -0.200. The first-order valence-corrected chi connectivity index (χ1v) is 7.51. The first-order chi connectivity index (χ1) is 9.79. The smallest absolute Gasteiger partial charge is 0.123 e. The molecule has 0 saturated heterocycles. The van der Waals surface area contributed by atoms with Gasteiger partial charge in [0.25, 0.3) is 0 Å². The van der Waals surface area contributed by atoms with Gasteiger partial charge in [0.2, 0.25) is 0 Å². The highest BCUT2D eigenvalue weighted by atomic mass is 32.1. The molecule has 0 aliphatic carbocycles. The number of nitrogens with zero attached hydrogens (tertiary/aromatic N) is 1. The van der Waals surface area contributed by atoms with Crippen molar-refractivity contribution in [2.75, 3.05) is 26.8 Å². The van der Waals surface area contributed by atoms with Crippen molar-refractivity contribution in [2.45, 2.75) is 12.3 Å². The van der Waals surface area contributed by atoms with Crippen molar-refractivity contribution in [3.8, 4) is 0 Å². The second-order valence-corrected chi connectivity index (χ2v) is 5.55. The lowest BCUT2D eigenvalue weighted by molar-refractivity contribution is 0.199. The van der Waals surface area contributed by atoms with Gasteiger partial charge in [0.05, 0.1) is 11.6 Å². The van der Waals surface area contributed by atoms with Crippen molar-refractivity contribution in [1.82, 2.24) is 10.3 Å². The van der Waals surface area contributed by atoms with Crippen LogP contribution < -0.4 is 5.32 Å². The molecule has 0 fully saturated rings. The number of benzene rings is 1. The van der Waals surface area contributed by atoms with Crippen LogP contribution in [0, 0.1) is 5.82 Å². The van der Waals surface area contributed by atoms with Crippen molar-refractivity contribution in [3.05, 3.63) is 52.2 Å². The number of hydrogen-bond donors (Lipinski definition) is 1. The number of ether oxygens (including phenoxy) is 1. The highest BCUT2D eigenvalue weighted by molar-refractivity contribution is 7.09. The zero-order valence-corrected chi connectivity index (χ0v) is 12.3. The monoisotopic (exact) mass is 294 g/mol. The molecule has 1 aromatic carbocycles. The Hall–Kier alpha value is -1.30. The van der Waals surface area contributed by atoms with Gasteiger partial charge >= 0.3 is 0 Å². The molecule has 5 heteroatoms. The summed E-state index contributed by atoms with van der Waals surface area (Å²) in [6.07, 6.45) is 2.68. The number of methoxy groups -OCH3 is 1. The second kappa shape index (κ2) is 8.09. The fourth-order valence-corrected chi connectivity index (χ4v) is 2.76. The Morgan fingerprint density at radius 2 is 2.15 bits per heavy atom. The van der Waals surface area contributed by atoms with Crippen LogP contribution in [0.5, 0.6) is 0 Å². The van der Waals surface area contributed by atoms with E-state index in [0.29, 0.717) is 12.5 Å². The average molecular weight is 294 g/mol. The van der Waals surface area contributed by atoms with Crippen LogP contribution in [0.2, 0.25) is 0 Å². The van der Waals surface area contributed by atoms with Gasteiger partial charge in [-0.3, -0.25) is 0 Å². The van der Waals surface area contributed by atoms with Gasteiger partial charge in [0, 0.05) is 44.1 Å². The van der Waals surface area contributed by atoms with Gasteiger partial charge in [-0.1, -0.05) is 12.1 Å². The topological polar surface area (TPSA) is 34.1 Å². The molecule has 0 saturated carbocycles. The van der Waals surface area contributed by atoms with Gasteiger partial charge in [-0.25, -0.2) is 9.37 Å². The highest BCUT2D eigenvalue weighted by Crippen LogP contribution is 2.21. The van der Waals surface area contributed by atoms with E-state index in [-0.39, 0.29) is 5.82 Å². The van der Waals surface area contributed by atoms with Gasteiger partial charge in [0.15, 0.2) is 0 Å². The van der Waals surface area contributed by atoms with E-state index in [1.807, 2.05) is 23.7 Å². The van der Waals surface area contributed by atoms with Crippen LogP contribution in [-0.2, 0) is 11.2 Å². The summed E-state index contributed by atoms with van der Waals surface area (Å²) in [5, 5.41) is 6.46. The minimum absolute atomic E-state index is 0.200. The quantitative estimate of drug-likeness (QED) is 0.760. The van der Waals surface area contributed by atoms with E-state index in [2.05, 4.69) is 10.3 Å². The molecule has 0 aliphatic heterocycles. The Morgan fingerprint density at radius 3 is 2.80 bits per heavy atom. The first-order valence-electron chi connectivity index (χ1n) is 6.63. The van der Waals surface area contributed by atoms with Gasteiger partial charge in [-0.05, 0) is 17.7 Å². The van der Waals surface area contributed by atoms with Gasteiger partial charge in [-0.15, -0.1) is 11.3 Å². The van der Waals surface area contributed by atoms with E-state index >= 15 is 0 Å². The van der Waals surface area contributed by atoms with E-state index in [4.69, 9.17) is 4.74 Å². The SMILES string of the molecule is COCCNCC(Cc1nccs1)c1ccc(F)cc1. The molecule has 1 N–H and O–H groups in total. The van der Waals surface area contributed by atoms with Crippen molar-refractivity contribution in [3.63, 3.8) is 0 Å². The highest BCUT2D eigenvalue weighted by Gasteiger charge is 2.13. The van der Waals surface area contributed by atoms with E-state index in [1.54, 1.807) is 18.4 Å². The normalized spacial score (nSPS) is 12.5. The Bertz CT molecular complexity index is 487. The number of aromatic nitrogens is 1. The summed E-state index contributed by atoms with van der Waals surface area (Å²) in [6, 6.07) is 6.73. The molecule has 3 nitrogen and oxygen atoms in total. The van der Waals surface area contributed by atoms with Crippen LogP contribution in [0.4, 0.5) is 4.39 Å². The maximum absolute atomic E-state index is 13.0. The largest absolute Gasteiger partial charge is 0.383 e. The van der Waals surface area contributed by atoms with Gasteiger partial charge in [-0.2, -0.15) is 0 Å². The van der Waals surface area contributed by atoms with Crippen LogP contribution in [0.25, 0.3) is 0 Å². The third-order valence-electron chi connectivity index (χ3n) is 3.12. The average Bonchev–Trinajstić information content (AvgIpc) is 2.96. The summed E-state index contributed by atoms with van der Waals surface area (Å²) in [6.45, 7) is 2.33. The van der Waals surface area contributed by atoms with Crippen LogP contribution in [0.15, 0.2) is 35.8 Å². The molecule has 20 heavy (non-hydrogen) atoms. The third-order valence-corrected chi connectivity index (χ3v) is 3.92. The summed E-state index contributed by atoms with van der Waals surface area (Å²) in [4.78, 5) is 4.34. The van der Waals surface area contributed by atoms with Gasteiger partial charge in [0.1, 0.15) is 5.82 Å². The maximum atomic E-state index is 13.0. The molecule has 1 atom stereocenters. The Balaban J connectivity index is 2.00. The molecule has 0 bridgehead atoms. The summed E-state index contributed by atoms with van der Waals surface area (Å²) >= 11 is 1.66. The van der Waals surface area contributed by atoms with Crippen LogP contribution >= 0.6 is 11.3 Å². The summed E-state index contributed by atoms with van der Waals surface area (Å²) in [7, 11) is 1.69. The number of hydrogen-bond acceptors (Lipinski definition) is 4. The number of halogens is 1. The Labute approximate surface area is 122 Å². The molecule has 108 valence electrons. The lowest BCUT2D eigenvalue weighted by atomic mass is 9.96. The van der Waals surface area contributed by atoms with Crippen molar-refractivity contribution in [2.24, 2.45) is 0 Å². The van der Waals surface area contributed by atoms with Crippen LogP contribution in [-0.4, -0.2) is 31.8 Å². The molecule has 0 amide bonds. The number of rotatable bonds is 8. The summed E-state index contributed by atoms with van der Waals surface area (Å²) in [5.41, 5.74) is 1.13. The Kier molecular flexibility index (Phi) is 6.11. The lowest BCUT2D eigenvalue weighted by Gasteiger charge is -2.17. The zero-order chi connectivity index (χ0) is 14.2. The minimum Gasteiger partial charge on any atom is -0.383 e. The molecule has 0 radical (unpaired) electrons. The maximum Gasteiger partial charge on any atom is 0.123 e. The third kappa shape index (κ3) is 4.67. The van der Waals surface area contributed by atoms with E-state index in [9.17, 15) is 4.39 Å². The molecule has 0 aliphatic rings. The zero-order valence-electron chi connectivity index (χ0n) is 11.5. The second-order valence-electron chi connectivity index (χ2n) is 4.58. The fraction of sp³-hybridized carbons (Fsp3) is 0.400. The molecular formula is C15H19FN2OS. The van der Waals surface area contributed by atoms with E-state index < -0.39 is 0 Å². The molecular weight excluding hydrogens is 275 g/mol. The van der Waals surface area contributed by atoms with E-state index in [0.717, 1.165) is 30.1 Å². The van der Waals surface area contributed by atoms with Crippen molar-refractivity contribution in [1.29, 1.82) is 0 Å². The predicted octanol–water partition coefficient (Wildman–Crippen LogP) is 2.84.